The van der Waals surface area contributed by atoms with Gasteiger partial charge in [0, 0.05) is 35.2 Å². The number of hydrogen-bond donors (Lipinski definition) is 0. The summed E-state index contributed by atoms with van der Waals surface area (Å²) in [5.74, 6) is 6.41. The zero-order valence-electron chi connectivity index (χ0n) is 15.7. The molecule has 4 heteroatoms. The molecule has 2 aliphatic carbocycles. The molecule has 144 valence electrons. The number of hydrogen-bond acceptors (Lipinski definition) is 4. The van der Waals surface area contributed by atoms with E-state index in [0.717, 1.165) is 60.6 Å². The summed E-state index contributed by atoms with van der Waals surface area (Å²) in [5, 5.41) is 1.67. The second kappa shape index (κ2) is 9.71. The van der Waals surface area contributed by atoms with Crippen molar-refractivity contribution in [3.63, 3.8) is 0 Å². The first-order chi connectivity index (χ1) is 12.3. The highest BCUT2D eigenvalue weighted by molar-refractivity contribution is 8.07. The predicted molar refractivity (Wildman–Crippen MR) is 110 cm³/mol. The van der Waals surface area contributed by atoms with E-state index in [1.807, 2.05) is 23.5 Å². The second-order valence-electron chi connectivity index (χ2n) is 8.99. The Morgan fingerprint density at radius 3 is 1.24 bits per heavy atom. The van der Waals surface area contributed by atoms with Gasteiger partial charge in [-0.3, -0.25) is 0 Å². The minimum atomic E-state index is 0.837. The van der Waals surface area contributed by atoms with E-state index >= 15 is 0 Å². The van der Waals surface area contributed by atoms with E-state index < -0.39 is 0 Å². The SMILES string of the molecule is C1CC(CC2CCC(COCC3CS3)CC2)CCC1COCC1CS1. The van der Waals surface area contributed by atoms with Crippen molar-refractivity contribution in [2.45, 2.75) is 68.3 Å². The fourth-order valence-corrected chi connectivity index (χ4v) is 5.65. The molecule has 4 rings (SSSR count). The Kier molecular flexibility index (Phi) is 7.36. The van der Waals surface area contributed by atoms with Gasteiger partial charge in [-0.05, 0) is 55.8 Å². The monoisotopic (exact) mass is 384 g/mol. The highest BCUT2D eigenvalue weighted by Crippen LogP contribution is 2.39. The Labute approximate surface area is 162 Å². The number of thioether (sulfide) groups is 2. The van der Waals surface area contributed by atoms with Crippen molar-refractivity contribution in [3.8, 4) is 0 Å². The summed E-state index contributed by atoms with van der Waals surface area (Å²) in [5.41, 5.74) is 0. The van der Waals surface area contributed by atoms with Gasteiger partial charge < -0.3 is 9.47 Å². The van der Waals surface area contributed by atoms with Crippen molar-refractivity contribution in [2.75, 3.05) is 37.9 Å². The molecule has 2 nitrogen and oxygen atoms in total. The van der Waals surface area contributed by atoms with Gasteiger partial charge in [-0.15, -0.1) is 0 Å². The average Bonchev–Trinajstić information content (AvgIpc) is 3.53. The van der Waals surface area contributed by atoms with E-state index in [-0.39, 0.29) is 0 Å². The van der Waals surface area contributed by atoms with Crippen molar-refractivity contribution >= 4 is 23.5 Å². The molecule has 2 saturated carbocycles. The summed E-state index contributed by atoms with van der Waals surface area (Å²) < 4.78 is 11.8. The minimum Gasteiger partial charge on any atom is -0.380 e. The van der Waals surface area contributed by atoms with Crippen LogP contribution < -0.4 is 0 Å². The molecule has 0 spiro atoms. The van der Waals surface area contributed by atoms with Crippen LogP contribution in [0.5, 0.6) is 0 Å². The maximum Gasteiger partial charge on any atom is 0.0593 e. The first-order valence-corrected chi connectivity index (χ1v) is 12.8. The van der Waals surface area contributed by atoms with Gasteiger partial charge in [0.25, 0.3) is 0 Å². The highest BCUT2D eigenvalue weighted by atomic mass is 32.2. The largest absolute Gasteiger partial charge is 0.380 e. The predicted octanol–water partition coefficient (Wildman–Crippen LogP) is 5.25. The van der Waals surface area contributed by atoms with Crippen LogP contribution >= 0.6 is 23.5 Å². The molecular formula is C21H36O2S2. The zero-order chi connectivity index (χ0) is 16.9. The average molecular weight is 385 g/mol. The lowest BCUT2D eigenvalue weighted by Crippen LogP contribution is -2.24. The fraction of sp³-hybridized carbons (Fsp3) is 1.00. The van der Waals surface area contributed by atoms with Crippen LogP contribution in [0.3, 0.4) is 0 Å². The standard InChI is InChI=1S/C21H36O2S2/c1-5-18(10-22-12-20-14-24-20)6-2-16(1)9-17-3-7-19(8-4-17)11-23-13-21-15-25-21/h16-21H,1-15H2. The van der Waals surface area contributed by atoms with Crippen molar-refractivity contribution in [1.82, 2.24) is 0 Å². The first kappa shape index (κ1) is 19.0. The number of ether oxygens (including phenoxy) is 2. The Morgan fingerprint density at radius 2 is 0.880 bits per heavy atom. The van der Waals surface area contributed by atoms with E-state index in [1.54, 1.807) is 0 Å². The van der Waals surface area contributed by atoms with E-state index in [4.69, 9.17) is 9.47 Å². The maximum absolute atomic E-state index is 5.91. The first-order valence-electron chi connectivity index (χ1n) is 10.7. The van der Waals surface area contributed by atoms with Crippen LogP contribution in [0.2, 0.25) is 0 Å². The lowest BCUT2D eigenvalue weighted by atomic mass is 9.73. The Balaban J connectivity index is 1.04. The van der Waals surface area contributed by atoms with E-state index in [1.165, 1.54) is 69.3 Å². The smallest absolute Gasteiger partial charge is 0.0593 e. The molecule has 0 N–H and O–H groups in total. The van der Waals surface area contributed by atoms with Crippen LogP contribution in [0, 0.1) is 23.7 Å². The highest BCUT2D eigenvalue weighted by Gasteiger charge is 2.28. The van der Waals surface area contributed by atoms with Gasteiger partial charge in [0.1, 0.15) is 0 Å². The molecule has 0 bridgehead atoms. The van der Waals surface area contributed by atoms with Crippen LogP contribution in [-0.2, 0) is 9.47 Å². The van der Waals surface area contributed by atoms with Gasteiger partial charge in [0.05, 0.1) is 13.2 Å². The summed E-state index contributed by atoms with van der Waals surface area (Å²) in [4.78, 5) is 0. The molecule has 4 fully saturated rings. The summed E-state index contributed by atoms with van der Waals surface area (Å²) in [6.07, 6.45) is 13.1. The lowest BCUT2D eigenvalue weighted by molar-refractivity contribution is 0.0697. The van der Waals surface area contributed by atoms with Crippen LogP contribution in [-0.4, -0.2) is 48.4 Å². The molecule has 2 saturated heterocycles. The normalized spacial score (nSPS) is 40.8. The van der Waals surface area contributed by atoms with E-state index in [0.29, 0.717) is 0 Å². The quantitative estimate of drug-likeness (QED) is 0.478. The van der Waals surface area contributed by atoms with E-state index in [9.17, 15) is 0 Å². The van der Waals surface area contributed by atoms with Gasteiger partial charge in [0.2, 0.25) is 0 Å². The third kappa shape index (κ3) is 6.93. The van der Waals surface area contributed by atoms with Crippen LogP contribution in [0.25, 0.3) is 0 Å². The molecule has 2 aliphatic heterocycles. The third-order valence-electron chi connectivity index (χ3n) is 6.72. The van der Waals surface area contributed by atoms with Crippen molar-refractivity contribution in [3.05, 3.63) is 0 Å². The molecule has 4 aliphatic rings. The van der Waals surface area contributed by atoms with Crippen molar-refractivity contribution in [1.29, 1.82) is 0 Å². The third-order valence-corrected chi connectivity index (χ3v) is 8.60. The molecule has 2 heterocycles. The fourth-order valence-electron chi connectivity index (χ4n) is 4.80. The Morgan fingerprint density at radius 1 is 0.520 bits per heavy atom. The summed E-state index contributed by atoms with van der Waals surface area (Å²) >= 11 is 4.10. The van der Waals surface area contributed by atoms with Gasteiger partial charge in [-0.1, -0.05) is 25.7 Å². The van der Waals surface area contributed by atoms with Crippen molar-refractivity contribution < 1.29 is 9.47 Å². The molecule has 0 amide bonds. The van der Waals surface area contributed by atoms with Gasteiger partial charge >= 0.3 is 0 Å². The molecule has 0 radical (unpaired) electrons. The molecule has 0 aromatic rings. The molecule has 2 unspecified atom stereocenters. The van der Waals surface area contributed by atoms with Crippen LogP contribution in [0.15, 0.2) is 0 Å². The molecular weight excluding hydrogens is 348 g/mol. The Hall–Kier alpha value is 0.620. The molecule has 0 aromatic carbocycles. The summed E-state index contributed by atoms with van der Waals surface area (Å²) in [7, 11) is 0. The zero-order valence-corrected chi connectivity index (χ0v) is 17.3. The molecule has 0 aromatic heterocycles. The topological polar surface area (TPSA) is 18.5 Å². The molecule has 25 heavy (non-hydrogen) atoms. The van der Waals surface area contributed by atoms with Gasteiger partial charge in [-0.2, -0.15) is 23.5 Å². The minimum absolute atomic E-state index is 0.837. The lowest BCUT2D eigenvalue weighted by Gasteiger charge is -2.34. The van der Waals surface area contributed by atoms with Crippen molar-refractivity contribution in [2.24, 2.45) is 23.7 Å². The van der Waals surface area contributed by atoms with Gasteiger partial charge in [0.15, 0.2) is 0 Å². The maximum atomic E-state index is 5.91. The second-order valence-corrected chi connectivity index (χ2v) is 11.7. The summed E-state index contributed by atoms with van der Waals surface area (Å²) in [6, 6.07) is 0. The summed E-state index contributed by atoms with van der Waals surface area (Å²) in [6.45, 7) is 4.09. The van der Waals surface area contributed by atoms with Crippen LogP contribution in [0.1, 0.15) is 57.8 Å². The Bertz CT molecular complexity index is 345. The molecule has 2 atom stereocenters. The van der Waals surface area contributed by atoms with Crippen LogP contribution in [0.4, 0.5) is 0 Å². The van der Waals surface area contributed by atoms with E-state index in [2.05, 4.69) is 0 Å². The van der Waals surface area contributed by atoms with Gasteiger partial charge in [-0.25, -0.2) is 0 Å². The number of rotatable bonds is 10.